The Morgan fingerprint density at radius 1 is 0.778 bits per heavy atom. The number of benzene rings is 3. The molecule has 0 N–H and O–H groups in total. The van der Waals surface area contributed by atoms with Crippen LogP contribution < -0.4 is 0 Å². The number of carbonyl (C=O) groups is 1. The molecule has 0 atom stereocenters. The largest absolute Gasteiger partial charge is 0.298 e. The van der Waals surface area contributed by atoms with Crippen molar-refractivity contribution in [2.45, 2.75) is 9.79 Å². The molecule has 3 aromatic carbocycles. The molecule has 6 heteroatoms. The molecule has 0 aliphatic rings. The van der Waals surface area contributed by atoms with Gasteiger partial charge in [0.1, 0.15) is 11.6 Å². The minimum Gasteiger partial charge on any atom is -0.298 e. The maximum atomic E-state index is 13.6. The van der Waals surface area contributed by atoms with Gasteiger partial charge in [-0.05, 0) is 35.9 Å². The van der Waals surface area contributed by atoms with Gasteiger partial charge >= 0.3 is 0 Å². The van der Waals surface area contributed by atoms with Crippen molar-refractivity contribution in [2.75, 3.05) is 0 Å². The van der Waals surface area contributed by atoms with Gasteiger partial charge in [0, 0.05) is 17.2 Å². The van der Waals surface area contributed by atoms with Crippen molar-refractivity contribution in [3.8, 4) is 0 Å². The van der Waals surface area contributed by atoms with E-state index in [9.17, 15) is 22.0 Å². The molecule has 0 saturated heterocycles. The highest BCUT2D eigenvalue weighted by molar-refractivity contribution is 7.91. The van der Waals surface area contributed by atoms with E-state index in [0.29, 0.717) is 11.8 Å². The van der Waals surface area contributed by atoms with Gasteiger partial charge < -0.3 is 0 Å². The predicted molar refractivity (Wildman–Crippen MR) is 99.0 cm³/mol. The van der Waals surface area contributed by atoms with E-state index in [1.807, 2.05) is 0 Å². The fourth-order valence-corrected chi connectivity index (χ4v) is 3.96. The van der Waals surface area contributed by atoms with Crippen LogP contribution in [0, 0.1) is 11.6 Å². The zero-order valence-electron chi connectivity index (χ0n) is 14.0. The summed E-state index contributed by atoms with van der Waals surface area (Å²) in [7, 11) is -3.83. The summed E-state index contributed by atoms with van der Waals surface area (Å²) in [5.74, 6) is -1.34. The summed E-state index contributed by atoms with van der Waals surface area (Å²) in [6, 6.07) is 15.2. The molecular formula is C21H14F2O3S. The molecule has 0 spiro atoms. The number of halogens is 2. The van der Waals surface area contributed by atoms with E-state index < -0.39 is 21.5 Å². The molecule has 0 aromatic heterocycles. The Balaban J connectivity index is 1.89. The van der Waals surface area contributed by atoms with Crippen LogP contribution in [-0.4, -0.2) is 14.7 Å². The van der Waals surface area contributed by atoms with Gasteiger partial charge in [0.05, 0.1) is 9.79 Å². The molecule has 0 amide bonds. The molecule has 0 aliphatic carbocycles. The first kappa shape index (κ1) is 18.7. The zero-order valence-corrected chi connectivity index (χ0v) is 14.8. The second-order valence-electron chi connectivity index (χ2n) is 5.73. The van der Waals surface area contributed by atoms with E-state index in [1.165, 1.54) is 36.4 Å². The SMILES string of the molecule is O=Cc1ccccc1S(=O)(=O)c1ccc(/C=C/c2ccc(F)cc2F)cc1. The Hall–Kier alpha value is -3.12. The third-order valence-electron chi connectivity index (χ3n) is 3.94. The first-order valence-electron chi connectivity index (χ1n) is 7.94. The normalized spacial score (nSPS) is 11.6. The lowest BCUT2D eigenvalue weighted by molar-refractivity contribution is 0.112. The van der Waals surface area contributed by atoms with Gasteiger partial charge in [-0.1, -0.05) is 42.5 Å². The monoisotopic (exact) mass is 384 g/mol. The van der Waals surface area contributed by atoms with Crippen molar-refractivity contribution < 1.29 is 22.0 Å². The molecule has 27 heavy (non-hydrogen) atoms. The highest BCUT2D eigenvalue weighted by atomic mass is 32.2. The van der Waals surface area contributed by atoms with Crippen LogP contribution in [0.15, 0.2) is 76.5 Å². The highest BCUT2D eigenvalue weighted by Crippen LogP contribution is 2.24. The van der Waals surface area contributed by atoms with Crippen LogP contribution in [0.1, 0.15) is 21.5 Å². The number of hydrogen-bond donors (Lipinski definition) is 0. The highest BCUT2D eigenvalue weighted by Gasteiger charge is 2.20. The lowest BCUT2D eigenvalue weighted by Gasteiger charge is -2.07. The zero-order chi connectivity index (χ0) is 19.4. The summed E-state index contributed by atoms with van der Waals surface area (Å²) in [5, 5.41) is 0. The smallest absolute Gasteiger partial charge is 0.207 e. The van der Waals surface area contributed by atoms with Crippen LogP contribution in [0.4, 0.5) is 8.78 Å². The predicted octanol–water partition coefficient (Wildman–Crippen LogP) is 4.78. The van der Waals surface area contributed by atoms with Gasteiger partial charge in [0.15, 0.2) is 6.29 Å². The maximum Gasteiger partial charge on any atom is 0.207 e. The molecule has 0 saturated carbocycles. The van der Waals surface area contributed by atoms with Crippen molar-refractivity contribution in [3.63, 3.8) is 0 Å². The molecule has 0 radical (unpaired) electrons. The van der Waals surface area contributed by atoms with Crippen molar-refractivity contribution >= 4 is 28.3 Å². The Labute approximate surface area is 155 Å². The van der Waals surface area contributed by atoms with E-state index in [0.717, 1.165) is 12.1 Å². The summed E-state index contributed by atoms with van der Waals surface area (Å²) < 4.78 is 52.0. The van der Waals surface area contributed by atoms with E-state index in [1.54, 1.807) is 30.3 Å². The van der Waals surface area contributed by atoms with Gasteiger partial charge in [-0.15, -0.1) is 0 Å². The lowest BCUT2D eigenvalue weighted by atomic mass is 10.1. The molecule has 0 aliphatic heterocycles. The first-order chi connectivity index (χ1) is 12.9. The number of sulfone groups is 1. The first-order valence-corrected chi connectivity index (χ1v) is 9.42. The Morgan fingerprint density at radius 2 is 1.48 bits per heavy atom. The summed E-state index contributed by atoms with van der Waals surface area (Å²) in [6.45, 7) is 0. The standard InChI is InChI=1S/C21H14F2O3S/c22-18-10-9-16(20(23)13-18)8-5-15-6-11-19(12-7-15)27(25,26)21-4-2-1-3-17(21)14-24/h1-14H/b8-5+. The van der Waals surface area contributed by atoms with Crippen molar-refractivity contribution in [1.29, 1.82) is 0 Å². The molecular weight excluding hydrogens is 370 g/mol. The lowest BCUT2D eigenvalue weighted by Crippen LogP contribution is -2.05. The molecule has 0 fully saturated rings. The van der Waals surface area contributed by atoms with Crippen LogP contribution in [0.3, 0.4) is 0 Å². The molecule has 3 nitrogen and oxygen atoms in total. The van der Waals surface area contributed by atoms with Gasteiger partial charge in [0.25, 0.3) is 0 Å². The minimum atomic E-state index is -3.83. The van der Waals surface area contributed by atoms with Crippen LogP contribution in [0.5, 0.6) is 0 Å². The van der Waals surface area contributed by atoms with Gasteiger partial charge in [0.2, 0.25) is 9.84 Å². The summed E-state index contributed by atoms with van der Waals surface area (Å²) in [6.07, 6.45) is 3.56. The molecule has 0 bridgehead atoms. The summed E-state index contributed by atoms with van der Waals surface area (Å²) in [5.41, 5.74) is 0.947. The Morgan fingerprint density at radius 3 is 2.15 bits per heavy atom. The maximum absolute atomic E-state index is 13.6. The van der Waals surface area contributed by atoms with Crippen LogP contribution in [-0.2, 0) is 9.84 Å². The third kappa shape index (κ3) is 4.01. The Kier molecular flexibility index (Phi) is 5.28. The molecule has 0 unspecified atom stereocenters. The van der Waals surface area contributed by atoms with E-state index in [4.69, 9.17) is 0 Å². The number of carbonyl (C=O) groups excluding carboxylic acids is 1. The van der Waals surface area contributed by atoms with Crippen LogP contribution in [0.25, 0.3) is 12.2 Å². The molecule has 0 heterocycles. The molecule has 3 rings (SSSR count). The molecule has 136 valence electrons. The van der Waals surface area contributed by atoms with Crippen molar-refractivity contribution in [1.82, 2.24) is 0 Å². The topological polar surface area (TPSA) is 51.2 Å². The third-order valence-corrected chi connectivity index (χ3v) is 5.79. The minimum absolute atomic E-state index is 0.0434. The average Bonchev–Trinajstić information content (AvgIpc) is 2.67. The van der Waals surface area contributed by atoms with Crippen LogP contribution in [0.2, 0.25) is 0 Å². The van der Waals surface area contributed by atoms with Gasteiger partial charge in [-0.25, -0.2) is 17.2 Å². The second-order valence-corrected chi connectivity index (χ2v) is 7.65. The Bertz CT molecular complexity index is 1120. The summed E-state index contributed by atoms with van der Waals surface area (Å²) >= 11 is 0. The van der Waals surface area contributed by atoms with E-state index in [2.05, 4.69) is 0 Å². The average molecular weight is 384 g/mol. The molecule has 3 aromatic rings. The van der Waals surface area contributed by atoms with Gasteiger partial charge in [-0.2, -0.15) is 0 Å². The second kappa shape index (κ2) is 7.63. The van der Waals surface area contributed by atoms with E-state index >= 15 is 0 Å². The summed E-state index contributed by atoms with van der Waals surface area (Å²) in [4.78, 5) is 11.1. The number of hydrogen-bond acceptors (Lipinski definition) is 3. The van der Waals surface area contributed by atoms with Crippen molar-refractivity contribution in [3.05, 3.63) is 95.1 Å². The van der Waals surface area contributed by atoms with E-state index in [-0.39, 0.29) is 20.9 Å². The fourth-order valence-electron chi connectivity index (χ4n) is 2.53. The van der Waals surface area contributed by atoms with Crippen molar-refractivity contribution in [2.24, 2.45) is 0 Å². The number of aldehydes is 1. The number of rotatable bonds is 5. The fraction of sp³-hybridized carbons (Fsp3) is 0. The van der Waals surface area contributed by atoms with Gasteiger partial charge in [-0.3, -0.25) is 4.79 Å². The quantitative estimate of drug-likeness (QED) is 0.470. The van der Waals surface area contributed by atoms with Crippen LogP contribution >= 0.6 is 0 Å².